The first-order valence-electron chi connectivity index (χ1n) is 5.47. The molecule has 20 heavy (non-hydrogen) atoms. The SMILES string of the molecule is Cc1ccccc1C(CBr)OC(C(F)(F)F)C(F)(F)F. The summed E-state index contributed by atoms with van der Waals surface area (Å²) in [6.07, 6.45) is -16.2. The quantitative estimate of drug-likeness (QED) is 0.543. The normalized spacial score (nSPS) is 14.7. The monoisotopic (exact) mass is 364 g/mol. The highest BCUT2D eigenvalue weighted by Gasteiger charge is 2.58. The molecule has 0 saturated carbocycles. The van der Waals surface area contributed by atoms with Crippen LogP contribution in [-0.2, 0) is 4.74 Å². The highest BCUT2D eigenvalue weighted by atomic mass is 79.9. The van der Waals surface area contributed by atoms with Crippen molar-refractivity contribution >= 4 is 15.9 Å². The van der Waals surface area contributed by atoms with Crippen LogP contribution in [0.1, 0.15) is 17.2 Å². The predicted octanol–water partition coefficient (Wildman–Crippen LogP) is 4.94. The fraction of sp³-hybridized carbons (Fsp3) is 0.500. The molecule has 0 N–H and O–H groups in total. The van der Waals surface area contributed by atoms with E-state index in [1.807, 2.05) is 0 Å². The fourth-order valence-electron chi connectivity index (χ4n) is 1.64. The molecular weight excluding hydrogens is 354 g/mol. The van der Waals surface area contributed by atoms with Crippen molar-refractivity contribution in [3.05, 3.63) is 35.4 Å². The van der Waals surface area contributed by atoms with Gasteiger partial charge in [0, 0.05) is 5.33 Å². The zero-order chi connectivity index (χ0) is 15.6. The number of hydrogen-bond donors (Lipinski definition) is 0. The summed E-state index contributed by atoms with van der Waals surface area (Å²) in [5.74, 6) is 0. The Labute approximate surface area is 120 Å². The minimum Gasteiger partial charge on any atom is -0.352 e. The number of rotatable bonds is 4. The van der Waals surface area contributed by atoms with Crippen molar-refractivity contribution in [2.45, 2.75) is 31.5 Å². The molecule has 0 bridgehead atoms. The Hall–Kier alpha value is -0.760. The van der Waals surface area contributed by atoms with E-state index in [0.717, 1.165) is 0 Å². The van der Waals surface area contributed by atoms with E-state index < -0.39 is 24.6 Å². The molecule has 0 spiro atoms. The van der Waals surface area contributed by atoms with Gasteiger partial charge in [0.1, 0.15) is 0 Å². The molecule has 8 heteroatoms. The van der Waals surface area contributed by atoms with Crippen molar-refractivity contribution in [1.29, 1.82) is 0 Å². The summed E-state index contributed by atoms with van der Waals surface area (Å²) in [6, 6.07) is 6.18. The first-order chi connectivity index (χ1) is 9.07. The van der Waals surface area contributed by atoms with E-state index in [4.69, 9.17) is 0 Å². The van der Waals surface area contributed by atoms with Crippen LogP contribution in [0.3, 0.4) is 0 Å². The second-order valence-electron chi connectivity index (χ2n) is 4.10. The molecular formula is C12H11BrF6O. The van der Waals surface area contributed by atoms with Crippen molar-refractivity contribution in [3.8, 4) is 0 Å². The van der Waals surface area contributed by atoms with Gasteiger partial charge < -0.3 is 4.74 Å². The van der Waals surface area contributed by atoms with Gasteiger partial charge in [-0.1, -0.05) is 40.2 Å². The number of aryl methyl sites for hydroxylation is 1. The van der Waals surface area contributed by atoms with Crippen LogP contribution in [0, 0.1) is 6.92 Å². The van der Waals surface area contributed by atoms with E-state index in [1.165, 1.54) is 12.1 Å². The summed E-state index contributed by atoms with van der Waals surface area (Å²) < 4.78 is 79.1. The molecule has 1 atom stereocenters. The second-order valence-corrected chi connectivity index (χ2v) is 4.75. The van der Waals surface area contributed by atoms with Gasteiger partial charge in [0.05, 0.1) is 6.10 Å². The summed E-state index contributed by atoms with van der Waals surface area (Å²) in [5, 5.41) is -0.180. The third kappa shape index (κ3) is 4.37. The van der Waals surface area contributed by atoms with Crippen LogP contribution in [0.25, 0.3) is 0 Å². The van der Waals surface area contributed by atoms with Crippen molar-refractivity contribution in [3.63, 3.8) is 0 Å². The van der Waals surface area contributed by atoms with Gasteiger partial charge in [0.15, 0.2) is 0 Å². The predicted molar refractivity (Wildman–Crippen MR) is 64.7 cm³/mol. The topological polar surface area (TPSA) is 9.23 Å². The van der Waals surface area contributed by atoms with E-state index in [9.17, 15) is 26.3 Å². The van der Waals surface area contributed by atoms with Crippen molar-refractivity contribution in [2.24, 2.45) is 0 Å². The van der Waals surface area contributed by atoms with Crippen LogP contribution < -0.4 is 0 Å². The van der Waals surface area contributed by atoms with E-state index >= 15 is 0 Å². The molecule has 0 amide bonds. The Morgan fingerprint density at radius 2 is 1.55 bits per heavy atom. The average molecular weight is 365 g/mol. The Kier molecular flexibility index (Phi) is 5.48. The van der Waals surface area contributed by atoms with Gasteiger partial charge >= 0.3 is 12.4 Å². The third-order valence-electron chi connectivity index (χ3n) is 2.57. The summed E-state index contributed by atoms with van der Waals surface area (Å²) in [6.45, 7) is 1.59. The lowest BCUT2D eigenvalue weighted by molar-refractivity contribution is -0.330. The maximum atomic E-state index is 12.5. The van der Waals surface area contributed by atoms with Crippen LogP contribution in [0.5, 0.6) is 0 Å². The summed E-state index contributed by atoms with van der Waals surface area (Å²) in [4.78, 5) is 0. The lowest BCUT2D eigenvalue weighted by atomic mass is 10.0. The maximum Gasteiger partial charge on any atom is 0.423 e. The summed E-state index contributed by atoms with van der Waals surface area (Å²) in [7, 11) is 0. The molecule has 0 saturated heterocycles. The van der Waals surface area contributed by atoms with Gasteiger partial charge in [-0.15, -0.1) is 0 Å². The molecule has 0 aliphatic heterocycles. The van der Waals surface area contributed by atoms with Crippen LogP contribution >= 0.6 is 15.9 Å². The first-order valence-corrected chi connectivity index (χ1v) is 6.60. The molecule has 0 aromatic heterocycles. The number of ether oxygens (including phenoxy) is 1. The Bertz CT molecular complexity index is 428. The molecule has 1 aromatic rings. The summed E-state index contributed by atoms with van der Waals surface area (Å²) in [5.41, 5.74) is 0.836. The van der Waals surface area contributed by atoms with Gasteiger partial charge in [-0.25, -0.2) is 0 Å². The number of alkyl halides is 7. The van der Waals surface area contributed by atoms with Gasteiger partial charge in [-0.2, -0.15) is 26.3 Å². The first kappa shape index (κ1) is 17.3. The van der Waals surface area contributed by atoms with Gasteiger partial charge in [0.2, 0.25) is 6.10 Å². The van der Waals surface area contributed by atoms with Crippen LogP contribution in [-0.4, -0.2) is 23.8 Å². The standard InChI is InChI=1S/C12H11BrF6O/c1-7-4-2-3-5-8(7)9(6-13)20-10(11(14,15)16)12(17,18)19/h2-5,9-10H,6H2,1H3. The molecule has 1 unspecified atom stereocenters. The lowest BCUT2D eigenvalue weighted by Crippen LogP contribution is -2.45. The molecule has 0 fully saturated rings. The minimum absolute atomic E-state index is 0.180. The Morgan fingerprint density at radius 1 is 1.05 bits per heavy atom. The van der Waals surface area contributed by atoms with Crippen molar-refractivity contribution < 1.29 is 31.1 Å². The van der Waals surface area contributed by atoms with Gasteiger partial charge in [-0.05, 0) is 18.1 Å². The zero-order valence-electron chi connectivity index (χ0n) is 10.2. The van der Waals surface area contributed by atoms with Gasteiger partial charge in [-0.3, -0.25) is 0 Å². The molecule has 0 heterocycles. The minimum atomic E-state index is -5.51. The number of hydrogen-bond acceptors (Lipinski definition) is 1. The largest absolute Gasteiger partial charge is 0.423 e. The van der Waals surface area contributed by atoms with E-state index in [2.05, 4.69) is 20.7 Å². The summed E-state index contributed by atoms with van der Waals surface area (Å²) >= 11 is 2.89. The number of halogens is 7. The molecule has 1 rings (SSSR count). The molecule has 0 radical (unpaired) electrons. The Balaban J connectivity index is 3.05. The lowest BCUT2D eigenvalue weighted by Gasteiger charge is -2.28. The van der Waals surface area contributed by atoms with E-state index in [0.29, 0.717) is 5.56 Å². The molecule has 1 nitrogen and oxygen atoms in total. The molecule has 0 aliphatic rings. The zero-order valence-corrected chi connectivity index (χ0v) is 11.8. The fourth-order valence-corrected chi connectivity index (χ4v) is 2.15. The number of benzene rings is 1. The molecule has 1 aromatic carbocycles. The van der Waals surface area contributed by atoms with Crippen LogP contribution in [0.2, 0.25) is 0 Å². The maximum absolute atomic E-state index is 12.5. The van der Waals surface area contributed by atoms with Crippen molar-refractivity contribution in [1.82, 2.24) is 0 Å². The van der Waals surface area contributed by atoms with Crippen molar-refractivity contribution in [2.75, 3.05) is 5.33 Å². The smallest absolute Gasteiger partial charge is 0.352 e. The Morgan fingerprint density at radius 3 is 1.95 bits per heavy atom. The highest BCUT2D eigenvalue weighted by Crippen LogP contribution is 2.39. The van der Waals surface area contributed by atoms with E-state index in [-0.39, 0.29) is 10.9 Å². The van der Waals surface area contributed by atoms with E-state index in [1.54, 1.807) is 19.1 Å². The third-order valence-corrected chi connectivity index (χ3v) is 3.16. The van der Waals surface area contributed by atoms with Crippen LogP contribution in [0.4, 0.5) is 26.3 Å². The molecule has 114 valence electrons. The highest BCUT2D eigenvalue weighted by molar-refractivity contribution is 9.09. The average Bonchev–Trinajstić information content (AvgIpc) is 2.28. The molecule has 0 aliphatic carbocycles. The second kappa shape index (κ2) is 6.34. The van der Waals surface area contributed by atoms with Crippen LogP contribution in [0.15, 0.2) is 24.3 Å². The van der Waals surface area contributed by atoms with Gasteiger partial charge in [0.25, 0.3) is 0 Å².